The van der Waals surface area contributed by atoms with Crippen molar-refractivity contribution in [3.63, 3.8) is 0 Å². The van der Waals surface area contributed by atoms with Crippen molar-refractivity contribution in [3.05, 3.63) is 54.9 Å². The maximum Gasteiger partial charge on any atom is 0.272 e. The summed E-state index contributed by atoms with van der Waals surface area (Å²) in [6, 6.07) is 3.61. The Morgan fingerprint density at radius 1 is 1.30 bits per heavy atom. The van der Waals surface area contributed by atoms with Gasteiger partial charge in [-0.3, -0.25) is 9.59 Å². The van der Waals surface area contributed by atoms with Gasteiger partial charge in [0, 0.05) is 48.9 Å². The number of fused-ring (bicyclic) bond motifs is 1. The molecule has 2 N–H and O–H groups in total. The van der Waals surface area contributed by atoms with Crippen LogP contribution < -0.4 is 20.3 Å². The average Bonchev–Trinajstić information content (AvgIpc) is 3.32. The predicted octanol–water partition coefficient (Wildman–Crippen LogP) is 3.20. The summed E-state index contributed by atoms with van der Waals surface area (Å²) < 4.78 is 19.0. The van der Waals surface area contributed by atoms with Crippen molar-refractivity contribution in [1.29, 1.82) is 0 Å². The monoisotopic (exact) mass is 519 g/mol. The van der Waals surface area contributed by atoms with Crippen molar-refractivity contribution in [2.24, 2.45) is 0 Å². The Kier molecular flexibility index (Phi) is 6.57. The van der Waals surface area contributed by atoms with E-state index in [1.807, 2.05) is 33.8 Å². The molecule has 1 fully saturated rings. The molecule has 2 aliphatic heterocycles. The second-order valence-corrected chi connectivity index (χ2v) is 9.99. The van der Waals surface area contributed by atoms with E-state index in [0.29, 0.717) is 32.7 Å². The van der Waals surface area contributed by atoms with Gasteiger partial charge >= 0.3 is 0 Å². The summed E-state index contributed by atoms with van der Waals surface area (Å²) in [6.45, 7) is 9.67. The highest BCUT2D eigenvalue weighted by Crippen LogP contribution is 2.48. The van der Waals surface area contributed by atoms with Gasteiger partial charge < -0.3 is 29.4 Å². The topological polar surface area (TPSA) is 92.9 Å². The number of likely N-dealkylation sites (tertiary alicyclic amines) is 1. The van der Waals surface area contributed by atoms with Crippen LogP contribution in [0.2, 0.25) is 0 Å². The van der Waals surface area contributed by atoms with Gasteiger partial charge in [-0.05, 0) is 67.9 Å². The molecule has 1 aromatic carbocycles. The van der Waals surface area contributed by atoms with E-state index in [4.69, 9.17) is 14.2 Å². The van der Waals surface area contributed by atoms with Crippen LogP contribution in [0.3, 0.4) is 0 Å². The quantitative estimate of drug-likeness (QED) is 0.608. The average molecular weight is 520 g/mol. The largest absolute Gasteiger partial charge is 0.446 e. The summed E-state index contributed by atoms with van der Waals surface area (Å²) in [4.78, 5) is 30.3. The Morgan fingerprint density at radius 3 is 2.70 bits per heavy atom. The fourth-order valence-electron chi connectivity index (χ4n) is 4.33. The molecule has 33 heavy (non-hydrogen) atoms. The van der Waals surface area contributed by atoms with Crippen molar-refractivity contribution in [2.45, 2.75) is 52.6 Å². The van der Waals surface area contributed by atoms with Crippen LogP contribution in [0.5, 0.6) is 11.5 Å². The zero-order valence-corrected chi connectivity index (χ0v) is 21.2. The molecule has 0 radical (unpaired) electrons. The molecule has 1 aromatic heterocycles. The molecule has 1 amide bonds. The van der Waals surface area contributed by atoms with Gasteiger partial charge in [-0.2, -0.15) is 0 Å². The van der Waals surface area contributed by atoms with E-state index >= 15 is 0 Å². The van der Waals surface area contributed by atoms with Crippen LogP contribution in [0.4, 0.5) is 0 Å². The summed E-state index contributed by atoms with van der Waals surface area (Å²) in [5.74, 6) is -0.186. The standard InChI is InChI=1S/C24H30BrN3O5/c1-13-8-14(2)27-23(30)18(13)10-26-22(29)17-9-19(25)21-20(15(17)3)32-24(4,33-21)12-31-16-6-7-28(5)11-16/h8-9,16H,6-7,10-12H2,1-5H3,(H,26,29)(H,27,30)/t16-,24+/m0/s1. The van der Waals surface area contributed by atoms with E-state index in [2.05, 4.69) is 38.2 Å². The lowest BCUT2D eigenvalue weighted by molar-refractivity contribution is -0.132. The van der Waals surface area contributed by atoms with E-state index in [9.17, 15) is 9.59 Å². The Bertz CT molecular complexity index is 1150. The third kappa shape index (κ3) is 4.95. The third-order valence-corrected chi connectivity index (χ3v) is 6.76. The maximum atomic E-state index is 13.0. The summed E-state index contributed by atoms with van der Waals surface area (Å²) in [7, 11) is 2.08. The van der Waals surface area contributed by atoms with Crippen molar-refractivity contribution < 1.29 is 19.0 Å². The molecule has 1 saturated heterocycles. The number of aromatic amines is 1. The first-order valence-electron chi connectivity index (χ1n) is 11.0. The van der Waals surface area contributed by atoms with Gasteiger partial charge in [0.1, 0.15) is 6.61 Å². The Hall–Kier alpha value is -2.36. The van der Waals surface area contributed by atoms with E-state index in [1.54, 1.807) is 6.07 Å². The molecule has 4 rings (SSSR count). The van der Waals surface area contributed by atoms with E-state index < -0.39 is 5.79 Å². The van der Waals surface area contributed by atoms with Crippen molar-refractivity contribution >= 4 is 21.8 Å². The Morgan fingerprint density at radius 2 is 2.03 bits per heavy atom. The lowest BCUT2D eigenvalue weighted by Gasteiger charge is -2.25. The number of aromatic nitrogens is 1. The lowest BCUT2D eigenvalue weighted by Crippen LogP contribution is -2.41. The van der Waals surface area contributed by atoms with Crippen LogP contribution >= 0.6 is 15.9 Å². The van der Waals surface area contributed by atoms with Crippen LogP contribution in [-0.2, 0) is 11.3 Å². The summed E-state index contributed by atoms with van der Waals surface area (Å²) >= 11 is 3.52. The number of amides is 1. The molecule has 0 bridgehead atoms. The first-order chi connectivity index (χ1) is 15.6. The van der Waals surface area contributed by atoms with Gasteiger partial charge in [0.05, 0.1) is 10.6 Å². The highest BCUT2D eigenvalue weighted by Gasteiger charge is 2.41. The van der Waals surface area contributed by atoms with Crippen molar-refractivity contribution in [1.82, 2.24) is 15.2 Å². The van der Waals surface area contributed by atoms with E-state index in [1.165, 1.54) is 0 Å². The number of ether oxygens (including phenoxy) is 3. The summed E-state index contributed by atoms with van der Waals surface area (Å²) in [5, 5.41) is 2.86. The normalized spacial score (nSPS) is 22.1. The number of aryl methyl sites for hydroxylation is 2. The minimum Gasteiger partial charge on any atom is -0.446 e. The number of carbonyl (C=O) groups is 1. The first-order valence-corrected chi connectivity index (χ1v) is 11.8. The van der Waals surface area contributed by atoms with Gasteiger partial charge in [0.2, 0.25) is 0 Å². The van der Waals surface area contributed by atoms with Crippen molar-refractivity contribution in [3.8, 4) is 11.5 Å². The number of H-pyrrole nitrogens is 1. The lowest BCUT2D eigenvalue weighted by atomic mass is 10.1. The zero-order chi connectivity index (χ0) is 23.9. The van der Waals surface area contributed by atoms with Gasteiger partial charge in [0.15, 0.2) is 11.5 Å². The molecule has 0 spiro atoms. The second kappa shape index (κ2) is 9.12. The molecule has 2 aliphatic rings. The van der Waals surface area contributed by atoms with E-state index in [-0.39, 0.29) is 30.7 Å². The molecule has 9 heteroatoms. The molecule has 3 heterocycles. The fraction of sp³-hybridized carbons (Fsp3) is 0.500. The fourth-order valence-corrected chi connectivity index (χ4v) is 4.82. The van der Waals surface area contributed by atoms with E-state index in [0.717, 1.165) is 30.8 Å². The van der Waals surface area contributed by atoms with Crippen LogP contribution in [0, 0.1) is 20.8 Å². The minimum atomic E-state index is -0.974. The SMILES string of the molecule is Cc1cc(C)c(CNC(=O)c2cc(Br)c3c(c2C)O[C@@](C)(CO[C@H]2CCN(C)C2)O3)c(=O)[nH]1. The highest BCUT2D eigenvalue weighted by molar-refractivity contribution is 9.10. The number of benzene rings is 1. The number of carbonyl (C=O) groups excluding carboxylic acids is 1. The van der Waals surface area contributed by atoms with Crippen LogP contribution in [0.1, 0.15) is 46.1 Å². The smallest absolute Gasteiger partial charge is 0.272 e. The first kappa shape index (κ1) is 23.8. The van der Waals surface area contributed by atoms with Crippen LogP contribution in [0.25, 0.3) is 0 Å². The molecule has 178 valence electrons. The molecule has 2 aromatic rings. The maximum absolute atomic E-state index is 13.0. The molecular weight excluding hydrogens is 490 g/mol. The molecule has 2 atom stereocenters. The molecule has 8 nitrogen and oxygen atoms in total. The Labute approximate surface area is 201 Å². The molecule has 0 aliphatic carbocycles. The minimum absolute atomic E-state index is 0.132. The zero-order valence-electron chi connectivity index (χ0n) is 19.6. The second-order valence-electron chi connectivity index (χ2n) is 9.14. The number of hydrogen-bond donors (Lipinski definition) is 2. The van der Waals surface area contributed by atoms with Crippen LogP contribution in [-0.4, -0.2) is 54.4 Å². The van der Waals surface area contributed by atoms with Gasteiger partial charge in [-0.1, -0.05) is 0 Å². The van der Waals surface area contributed by atoms with Gasteiger partial charge in [0.25, 0.3) is 17.3 Å². The van der Waals surface area contributed by atoms with Crippen LogP contribution in [0.15, 0.2) is 21.4 Å². The number of rotatable bonds is 6. The number of hydrogen-bond acceptors (Lipinski definition) is 6. The molecule has 0 saturated carbocycles. The third-order valence-electron chi connectivity index (χ3n) is 6.17. The molecule has 0 unspecified atom stereocenters. The van der Waals surface area contributed by atoms with Gasteiger partial charge in [-0.15, -0.1) is 0 Å². The van der Waals surface area contributed by atoms with Gasteiger partial charge in [-0.25, -0.2) is 0 Å². The number of pyridine rings is 1. The summed E-state index contributed by atoms with van der Waals surface area (Å²) in [5.41, 5.74) is 3.09. The predicted molar refractivity (Wildman–Crippen MR) is 128 cm³/mol. The summed E-state index contributed by atoms with van der Waals surface area (Å²) in [6.07, 6.45) is 1.14. The number of likely N-dealkylation sites (N-methyl/N-ethyl adjacent to an activating group) is 1. The number of nitrogens with zero attached hydrogens (tertiary/aromatic N) is 1. The Balaban J connectivity index is 1.48. The highest BCUT2D eigenvalue weighted by atomic mass is 79.9. The number of halogens is 1. The van der Waals surface area contributed by atoms with Crippen molar-refractivity contribution in [2.75, 3.05) is 26.7 Å². The molecular formula is C24H30BrN3O5. The number of nitrogens with one attached hydrogen (secondary N) is 2.